The molecule has 4 nitrogen and oxygen atoms in total. The maximum Gasteiger partial charge on any atom is 0.358 e. The summed E-state index contributed by atoms with van der Waals surface area (Å²) in [6.45, 7) is 0. The average molecular weight is 204 g/mol. The number of pyridine rings is 1. The van der Waals surface area contributed by atoms with Crippen LogP contribution in [0.5, 0.6) is 5.75 Å². The first kappa shape index (κ1) is 10.0. The van der Waals surface area contributed by atoms with Gasteiger partial charge < -0.3 is 10.2 Å². The van der Waals surface area contributed by atoms with Crippen molar-refractivity contribution in [3.8, 4) is 5.75 Å². The van der Waals surface area contributed by atoms with Crippen LogP contribution in [0.4, 0.5) is 0 Å². The minimum Gasteiger partial charge on any atom is -0.505 e. The van der Waals surface area contributed by atoms with Crippen molar-refractivity contribution in [2.24, 2.45) is 0 Å². The van der Waals surface area contributed by atoms with E-state index in [0.29, 0.717) is 0 Å². The Hall–Kier alpha value is -0.957. The molecule has 0 aliphatic heterocycles. The van der Waals surface area contributed by atoms with E-state index in [1.807, 2.05) is 0 Å². The number of hydrogen-bond acceptors (Lipinski definition) is 3. The largest absolute Gasteiger partial charge is 0.505 e. The fourth-order valence-corrected chi connectivity index (χ4v) is 0.562. The predicted octanol–water partition coefficient (Wildman–Crippen LogP) is 0.483. The van der Waals surface area contributed by atoms with Crippen molar-refractivity contribution in [2.75, 3.05) is 0 Å². The molecule has 0 aromatic carbocycles. The van der Waals surface area contributed by atoms with Gasteiger partial charge in [-0.2, -0.15) is 0 Å². The predicted molar refractivity (Wildman–Crippen MR) is 32.9 cm³/mol. The molecule has 0 fully saturated rings. The van der Waals surface area contributed by atoms with Crippen molar-refractivity contribution in [2.45, 2.75) is 0 Å². The zero-order valence-electron chi connectivity index (χ0n) is 5.69. The summed E-state index contributed by atoms with van der Waals surface area (Å²) in [7, 11) is 0. The van der Waals surface area contributed by atoms with Crippen LogP contribution in [-0.4, -0.2) is 21.2 Å². The fraction of sp³-hybridized carbons (Fsp3) is 0. The monoisotopic (exact) mass is 203 g/mol. The van der Waals surface area contributed by atoms with E-state index in [9.17, 15) is 4.79 Å². The minimum atomic E-state index is -1.22. The summed E-state index contributed by atoms with van der Waals surface area (Å²) in [5, 5.41) is 17.2. The zero-order chi connectivity index (χ0) is 7.56. The van der Waals surface area contributed by atoms with Crippen LogP contribution in [0.2, 0.25) is 0 Å². The molecule has 1 rings (SSSR count). The SMILES string of the molecule is O=C(O)c1ncccc1O.[Zn]. The van der Waals surface area contributed by atoms with Crippen LogP contribution in [0.25, 0.3) is 0 Å². The Morgan fingerprint density at radius 1 is 1.55 bits per heavy atom. The van der Waals surface area contributed by atoms with Crippen molar-refractivity contribution in [3.63, 3.8) is 0 Å². The molecule has 0 saturated heterocycles. The van der Waals surface area contributed by atoms with Crippen LogP contribution < -0.4 is 0 Å². The average Bonchev–Trinajstić information content (AvgIpc) is 1.88. The van der Waals surface area contributed by atoms with Crippen LogP contribution >= 0.6 is 0 Å². The van der Waals surface area contributed by atoms with Crippen LogP contribution in [0.1, 0.15) is 10.5 Å². The Morgan fingerprint density at radius 2 is 2.18 bits per heavy atom. The third-order valence-corrected chi connectivity index (χ3v) is 0.989. The van der Waals surface area contributed by atoms with Gasteiger partial charge in [0.15, 0.2) is 5.69 Å². The second-order valence-corrected chi connectivity index (χ2v) is 1.68. The molecule has 0 unspecified atom stereocenters. The molecule has 54 valence electrons. The first-order chi connectivity index (χ1) is 4.72. The van der Waals surface area contributed by atoms with Crippen molar-refractivity contribution in [1.29, 1.82) is 0 Å². The summed E-state index contributed by atoms with van der Waals surface area (Å²) < 4.78 is 0. The number of aromatic nitrogens is 1. The smallest absolute Gasteiger partial charge is 0.358 e. The van der Waals surface area contributed by atoms with Gasteiger partial charge in [-0.15, -0.1) is 0 Å². The van der Waals surface area contributed by atoms with Gasteiger partial charge in [0, 0.05) is 25.7 Å². The van der Waals surface area contributed by atoms with Crippen LogP contribution in [-0.2, 0) is 19.5 Å². The number of carbonyl (C=O) groups is 1. The molecule has 1 heterocycles. The van der Waals surface area contributed by atoms with Gasteiger partial charge in [0.2, 0.25) is 0 Å². The van der Waals surface area contributed by atoms with Gasteiger partial charge in [0.25, 0.3) is 0 Å². The van der Waals surface area contributed by atoms with E-state index in [0.717, 1.165) is 0 Å². The Morgan fingerprint density at radius 3 is 2.55 bits per heavy atom. The first-order valence-electron chi connectivity index (χ1n) is 2.59. The number of aromatic carboxylic acids is 1. The number of hydrogen-bond donors (Lipinski definition) is 2. The standard InChI is InChI=1S/C6H5NO3.Zn/c8-4-2-1-3-7-5(4)6(9)10;/h1-3,8H,(H,9,10);. The van der Waals surface area contributed by atoms with E-state index in [2.05, 4.69) is 4.98 Å². The number of nitrogens with zero attached hydrogens (tertiary/aromatic N) is 1. The fourth-order valence-electron chi connectivity index (χ4n) is 0.562. The normalized spacial score (nSPS) is 8.36. The van der Waals surface area contributed by atoms with Gasteiger partial charge in [-0.05, 0) is 12.1 Å². The summed E-state index contributed by atoms with van der Waals surface area (Å²) in [4.78, 5) is 13.6. The quantitative estimate of drug-likeness (QED) is 0.653. The summed E-state index contributed by atoms with van der Waals surface area (Å²) in [6.07, 6.45) is 1.31. The van der Waals surface area contributed by atoms with Crippen molar-refractivity contribution < 1.29 is 34.5 Å². The van der Waals surface area contributed by atoms with E-state index >= 15 is 0 Å². The third-order valence-electron chi connectivity index (χ3n) is 0.989. The molecular formula is C6H5NO3Zn. The first-order valence-corrected chi connectivity index (χ1v) is 2.59. The maximum atomic E-state index is 10.2. The number of carboxylic acids is 1. The van der Waals surface area contributed by atoms with Gasteiger partial charge >= 0.3 is 5.97 Å². The van der Waals surface area contributed by atoms with Gasteiger partial charge in [0.05, 0.1) is 0 Å². The van der Waals surface area contributed by atoms with Gasteiger partial charge in [0.1, 0.15) is 5.75 Å². The summed E-state index contributed by atoms with van der Waals surface area (Å²) in [5.74, 6) is -1.53. The van der Waals surface area contributed by atoms with E-state index in [4.69, 9.17) is 10.2 Å². The molecule has 1 aromatic heterocycles. The molecule has 0 aliphatic carbocycles. The molecule has 0 amide bonds. The zero-order valence-corrected chi connectivity index (χ0v) is 8.66. The Labute approximate surface area is 75.6 Å². The second-order valence-electron chi connectivity index (χ2n) is 1.68. The number of carboxylic acid groups (broad SMARTS) is 1. The Bertz CT molecular complexity index is 264. The molecule has 0 spiro atoms. The number of aromatic hydroxyl groups is 1. The molecule has 1 aromatic rings. The van der Waals surface area contributed by atoms with Crippen molar-refractivity contribution >= 4 is 5.97 Å². The molecule has 0 aliphatic rings. The molecular weight excluding hydrogens is 199 g/mol. The minimum absolute atomic E-state index is 0. The Kier molecular flexibility index (Phi) is 3.68. The van der Waals surface area contributed by atoms with Crippen LogP contribution in [0, 0.1) is 0 Å². The summed E-state index contributed by atoms with van der Waals surface area (Å²) in [6, 6.07) is 2.73. The summed E-state index contributed by atoms with van der Waals surface area (Å²) in [5.41, 5.74) is -0.317. The van der Waals surface area contributed by atoms with E-state index in [1.54, 1.807) is 0 Å². The van der Waals surface area contributed by atoms with E-state index in [-0.39, 0.29) is 30.9 Å². The number of rotatable bonds is 1. The van der Waals surface area contributed by atoms with E-state index < -0.39 is 5.97 Å². The van der Waals surface area contributed by atoms with E-state index in [1.165, 1.54) is 18.3 Å². The van der Waals surface area contributed by atoms with Crippen molar-refractivity contribution in [3.05, 3.63) is 24.0 Å². The van der Waals surface area contributed by atoms with Crippen LogP contribution in [0.3, 0.4) is 0 Å². The maximum absolute atomic E-state index is 10.2. The van der Waals surface area contributed by atoms with Gasteiger partial charge in [-0.3, -0.25) is 0 Å². The van der Waals surface area contributed by atoms with Crippen molar-refractivity contribution in [1.82, 2.24) is 4.98 Å². The Balaban J connectivity index is 0.000001000. The summed E-state index contributed by atoms with van der Waals surface area (Å²) >= 11 is 0. The molecule has 0 radical (unpaired) electrons. The molecule has 0 bridgehead atoms. The van der Waals surface area contributed by atoms with Crippen LogP contribution in [0.15, 0.2) is 18.3 Å². The third kappa shape index (κ3) is 2.27. The van der Waals surface area contributed by atoms with Gasteiger partial charge in [-0.25, -0.2) is 9.78 Å². The molecule has 5 heteroatoms. The second kappa shape index (κ2) is 4.03. The molecule has 2 N–H and O–H groups in total. The molecule has 0 saturated carbocycles. The topological polar surface area (TPSA) is 70.4 Å². The molecule has 0 atom stereocenters. The van der Waals surface area contributed by atoms with Gasteiger partial charge in [-0.1, -0.05) is 0 Å². The molecule has 11 heavy (non-hydrogen) atoms.